The van der Waals surface area contributed by atoms with E-state index in [4.69, 9.17) is 0 Å². The Balaban J connectivity index is 1.33. The van der Waals surface area contributed by atoms with Gasteiger partial charge in [-0.2, -0.15) is 0 Å². The molecule has 0 unspecified atom stereocenters. The molecule has 1 saturated heterocycles. The van der Waals surface area contributed by atoms with E-state index in [-0.39, 0.29) is 17.1 Å². The van der Waals surface area contributed by atoms with Crippen LogP contribution in [0.2, 0.25) is 0 Å². The minimum absolute atomic E-state index is 0.00188. The number of carbonyl (C=O) groups excluding carboxylic acids is 1. The molecule has 5 rings (SSSR count). The minimum atomic E-state index is -0.217. The lowest BCUT2D eigenvalue weighted by Gasteiger charge is -2.48. The molecule has 7 nitrogen and oxygen atoms in total. The van der Waals surface area contributed by atoms with Gasteiger partial charge in [0.1, 0.15) is 5.69 Å². The largest absolute Gasteiger partial charge is 0.330 e. The summed E-state index contributed by atoms with van der Waals surface area (Å²) in [7, 11) is 4.32. The Morgan fingerprint density at radius 3 is 2.22 bits per heavy atom. The van der Waals surface area contributed by atoms with Crippen molar-refractivity contribution in [2.24, 2.45) is 0 Å². The maximum atomic E-state index is 12.9. The number of pyridine rings is 1. The molecule has 2 fully saturated rings. The smallest absolute Gasteiger partial charge is 0.322 e. The Labute approximate surface area is 188 Å². The first kappa shape index (κ1) is 20.6. The predicted octanol–water partition coefficient (Wildman–Crippen LogP) is 3.84. The lowest BCUT2D eigenvalue weighted by Crippen LogP contribution is -2.54. The second kappa shape index (κ2) is 7.98. The van der Waals surface area contributed by atoms with Gasteiger partial charge in [0.25, 0.3) is 0 Å². The van der Waals surface area contributed by atoms with E-state index in [0.717, 1.165) is 31.4 Å². The van der Waals surface area contributed by atoms with E-state index in [1.165, 1.54) is 5.56 Å². The van der Waals surface area contributed by atoms with E-state index in [1.807, 2.05) is 18.2 Å². The van der Waals surface area contributed by atoms with Gasteiger partial charge in [-0.3, -0.25) is 14.8 Å². The first-order chi connectivity index (χ1) is 15.5. The molecule has 32 heavy (non-hydrogen) atoms. The van der Waals surface area contributed by atoms with Crippen molar-refractivity contribution in [1.82, 2.24) is 25.2 Å². The summed E-state index contributed by atoms with van der Waals surface area (Å²) in [5.74, 6) is 0.556. The number of rotatable bonds is 4. The summed E-state index contributed by atoms with van der Waals surface area (Å²) in [6, 6.07) is 16.3. The van der Waals surface area contributed by atoms with Crippen molar-refractivity contribution in [3.8, 4) is 11.5 Å². The summed E-state index contributed by atoms with van der Waals surface area (Å²) < 4.78 is 0. The molecule has 3 heterocycles. The summed E-state index contributed by atoms with van der Waals surface area (Å²) in [5, 5.41) is 3.29. The molecule has 2 amide bonds. The zero-order valence-corrected chi connectivity index (χ0v) is 18.5. The Morgan fingerprint density at radius 1 is 0.906 bits per heavy atom. The van der Waals surface area contributed by atoms with Gasteiger partial charge in [-0.1, -0.05) is 36.4 Å². The number of anilines is 1. The molecular formula is C25H28N6O. The minimum Gasteiger partial charge on any atom is -0.330 e. The van der Waals surface area contributed by atoms with Gasteiger partial charge in [0.05, 0.1) is 30.2 Å². The van der Waals surface area contributed by atoms with Crippen molar-refractivity contribution in [2.75, 3.05) is 25.5 Å². The third kappa shape index (κ3) is 3.52. The van der Waals surface area contributed by atoms with Gasteiger partial charge in [-0.15, -0.1) is 0 Å². The molecule has 1 N–H and O–H groups in total. The topological polar surface area (TPSA) is 74.2 Å². The van der Waals surface area contributed by atoms with E-state index in [9.17, 15) is 4.79 Å². The molecule has 1 aliphatic carbocycles. The monoisotopic (exact) mass is 428 g/mol. The molecule has 1 aliphatic heterocycles. The Kier molecular flexibility index (Phi) is 5.13. The molecule has 1 saturated carbocycles. The highest BCUT2D eigenvalue weighted by molar-refractivity contribution is 5.95. The molecule has 2 aliphatic rings. The number of amides is 2. The first-order valence-electron chi connectivity index (χ1n) is 11.1. The van der Waals surface area contributed by atoms with Crippen LogP contribution in [-0.2, 0) is 5.54 Å². The molecule has 0 radical (unpaired) electrons. The van der Waals surface area contributed by atoms with Crippen LogP contribution < -0.4 is 10.2 Å². The summed E-state index contributed by atoms with van der Waals surface area (Å²) in [6.45, 7) is 0.635. The van der Waals surface area contributed by atoms with E-state index < -0.39 is 0 Å². The molecule has 7 heteroatoms. The van der Waals surface area contributed by atoms with Crippen LogP contribution in [0.4, 0.5) is 10.5 Å². The van der Waals surface area contributed by atoms with Crippen LogP contribution in [0.15, 0.2) is 67.1 Å². The number of hydrogen-bond donors (Lipinski definition) is 1. The van der Waals surface area contributed by atoms with Crippen LogP contribution in [0, 0.1) is 0 Å². The fourth-order valence-corrected chi connectivity index (χ4v) is 5.17. The standard InChI is InChI=1S/C25H28N6O/c1-30(2)25(19-8-4-3-5-9-19)13-11-24(12-14-25)18-31(23(32)29-24)20-16-27-22(28-17-20)21-10-6-7-15-26-21/h3-10,15-17H,11-14,18H2,1-2H3,(H,29,32). The number of nitrogens with one attached hydrogen (secondary N) is 1. The molecule has 164 valence electrons. The van der Waals surface area contributed by atoms with Crippen LogP contribution >= 0.6 is 0 Å². The predicted molar refractivity (Wildman–Crippen MR) is 124 cm³/mol. The molecular weight excluding hydrogens is 400 g/mol. The second-order valence-electron chi connectivity index (χ2n) is 9.07. The number of nitrogens with zero attached hydrogens (tertiary/aromatic N) is 5. The van der Waals surface area contributed by atoms with Crippen LogP contribution in [0.5, 0.6) is 0 Å². The van der Waals surface area contributed by atoms with Crippen LogP contribution in [0.1, 0.15) is 31.2 Å². The van der Waals surface area contributed by atoms with Crippen molar-refractivity contribution < 1.29 is 4.79 Å². The molecule has 1 spiro atoms. The molecule has 2 aromatic heterocycles. The number of aromatic nitrogens is 3. The number of urea groups is 1. The van der Waals surface area contributed by atoms with Gasteiger partial charge < -0.3 is 5.32 Å². The third-order valence-corrected chi connectivity index (χ3v) is 7.12. The quantitative estimate of drug-likeness (QED) is 0.684. The normalized spacial score (nSPS) is 25.3. The van der Waals surface area contributed by atoms with Crippen molar-refractivity contribution in [3.05, 3.63) is 72.7 Å². The van der Waals surface area contributed by atoms with E-state index in [2.05, 4.69) is 69.6 Å². The highest BCUT2D eigenvalue weighted by atomic mass is 16.2. The van der Waals surface area contributed by atoms with Gasteiger partial charge in [-0.05, 0) is 57.5 Å². The lowest BCUT2D eigenvalue weighted by atomic mass is 9.69. The van der Waals surface area contributed by atoms with E-state index in [1.54, 1.807) is 23.5 Å². The van der Waals surface area contributed by atoms with Crippen molar-refractivity contribution in [3.63, 3.8) is 0 Å². The van der Waals surface area contributed by atoms with Gasteiger partial charge >= 0.3 is 6.03 Å². The third-order valence-electron chi connectivity index (χ3n) is 7.12. The van der Waals surface area contributed by atoms with Crippen LogP contribution in [0.25, 0.3) is 11.5 Å². The van der Waals surface area contributed by atoms with Gasteiger partial charge in [-0.25, -0.2) is 14.8 Å². The number of carbonyl (C=O) groups is 1. The average molecular weight is 429 g/mol. The lowest BCUT2D eigenvalue weighted by molar-refractivity contribution is 0.0658. The van der Waals surface area contributed by atoms with Crippen molar-refractivity contribution in [1.29, 1.82) is 0 Å². The highest BCUT2D eigenvalue weighted by Crippen LogP contribution is 2.46. The molecule has 3 aromatic rings. The maximum absolute atomic E-state index is 12.9. The maximum Gasteiger partial charge on any atom is 0.322 e. The van der Waals surface area contributed by atoms with Crippen LogP contribution in [-0.4, -0.2) is 52.1 Å². The summed E-state index contributed by atoms with van der Waals surface area (Å²) in [4.78, 5) is 30.2. The van der Waals surface area contributed by atoms with Gasteiger partial charge in [0.15, 0.2) is 5.82 Å². The number of hydrogen-bond acceptors (Lipinski definition) is 5. The number of benzene rings is 1. The molecule has 0 atom stereocenters. The van der Waals surface area contributed by atoms with Crippen molar-refractivity contribution >= 4 is 11.7 Å². The highest BCUT2D eigenvalue weighted by Gasteiger charge is 2.50. The SMILES string of the molecule is CN(C)C1(c2ccccc2)CCC2(CC1)CN(c1cnc(-c3ccccn3)nc1)C(=O)N2. The zero-order chi connectivity index (χ0) is 22.2. The summed E-state index contributed by atoms with van der Waals surface area (Å²) in [6.07, 6.45) is 8.99. The Morgan fingerprint density at radius 2 is 1.59 bits per heavy atom. The summed E-state index contributed by atoms with van der Waals surface area (Å²) >= 11 is 0. The first-order valence-corrected chi connectivity index (χ1v) is 11.1. The van der Waals surface area contributed by atoms with E-state index in [0.29, 0.717) is 18.1 Å². The van der Waals surface area contributed by atoms with Gasteiger partial charge in [0.2, 0.25) is 0 Å². The average Bonchev–Trinajstić information content (AvgIpc) is 3.16. The summed E-state index contributed by atoms with van der Waals surface area (Å²) in [5.41, 5.74) is 2.56. The Hall–Kier alpha value is -3.32. The second-order valence-corrected chi connectivity index (χ2v) is 9.07. The van der Waals surface area contributed by atoms with Crippen LogP contribution in [0.3, 0.4) is 0 Å². The van der Waals surface area contributed by atoms with Gasteiger partial charge in [0, 0.05) is 11.7 Å². The molecule has 1 aromatic carbocycles. The molecule has 0 bridgehead atoms. The van der Waals surface area contributed by atoms with Crippen molar-refractivity contribution in [2.45, 2.75) is 36.8 Å². The van der Waals surface area contributed by atoms with E-state index >= 15 is 0 Å². The fraction of sp³-hybridized carbons (Fsp3) is 0.360. The fourth-order valence-electron chi connectivity index (χ4n) is 5.17. The Bertz CT molecular complexity index is 1080. The zero-order valence-electron chi connectivity index (χ0n) is 18.5.